The van der Waals surface area contributed by atoms with E-state index >= 15 is 0 Å². The molecule has 4 nitrogen and oxygen atoms in total. The first kappa shape index (κ1) is 17.8. The molecule has 1 atom stereocenters. The van der Waals surface area contributed by atoms with Gasteiger partial charge in [-0.25, -0.2) is 4.98 Å². The van der Waals surface area contributed by atoms with Crippen LogP contribution in [0.15, 0.2) is 72.8 Å². The number of rotatable bonds is 8. The van der Waals surface area contributed by atoms with Gasteiger partial charge in [0.25, 0.3) is 0 Å². The fourth-order valence-corrected chi connectivity index (χ4v) is 2.41. The quantitative estimate of drug-likeness (QED) is 0.544. The van der Waals surface area contributed by atoms with Crippen molar-refractivity contribution in [1.29, 1.82) is 0 Å². The Balaban J connectivity index is 1.53. The molecule has 1 unspecified atom stereocenters. The Bertz CT molecular complexity index is 803. The van der Waals surface area contributed by atoms with Crippen LogP contribution in [0.1, 0.15) is 19.0 Å². The van der Waals surface area contributed by atoms with E-state index in [4.69, 9.17) is 14.2 Å². The highest BCUT2D eigenvalue weighted by Crippen LogP contribution is 2.23. The molecule has 3 rings (SSSR count). The molecule has 0 saturated carbocycles. The highest BCUT2D eigenvalue weighted by Gasteiger charge is 2.10. The molecule has 0 amide bonds. The molecule has 134 valence electrons. The van der Waals surface area contributed by atoms with E-state index < -0.39 is 0 Å². The van der Waals surface area contributed by atoms with Crippen LogP contribution in [-0.2, 0) is 0 Å². The molecule has 3 aromatic rings. The van der Waals surface area contributed by atoms with Crippen molar-refractivity contribution in [2.24, 2.45) is 0 Å². The first-order valence-corrected chi connectivity index (χ1v) is 8.79. The highest BCUT2D eigenvalue weighted by molar-refractivity contribution is 5.35. The van der Waals surface area contributed by atoms with E-state index in [1.54, 1.807) is 0 Å². The van der Waals surface area contributed by atoms with Gasteiger partial charge in [-0.3, -0.25) is 0 Å². The smallest absolute Gasteiger partial charge is 0.213 e. The molecule has 26 heavy (non-hydrogen) atoms. The van der Waals surface area contributed by atoms with Crippen molar-refractivity contribution in [3.63, 3.8) is 0 Å². The minimum absolute atomic E-state index is 0.0513. The SMILES string of the molecule is CCC(COc1ccc(Oc2ccccc2)cc1)Oc1cccc(C)n1. The van der Waals surface area contributed by atoms with Crippen molar-refractivity contribution in [3.8, 4) is 23.1 Å². The van der Waals surface area contributed by atoms with Crippen molar-refractivity contribution in [2.45, 2.75) is 26.4 Å². The topological polar surface area (TPSA) is 40.6 Å². The lowest BCUT2D eigenvalue weighted by molar-refractivity contribution is 0.120. The third-order valence-corrected chi connectivity index (χ3v) is 3.84. The standard InChI is InChI=1S/C22H23NO3/c1-3-18(26-22-11-7-8-17(2)23-22)16-24-19-12-14-21(15-13-19)25-20-9-5-4-6-10-20/h4-15,18H,3,16H2,1-2H3. The normalized spacial score (nSPS) is 11.6. The lowest BCUT2D eigenvalue weighted by Gasteiger charge is -2.18. The van der Waals surface area contributed by atoms with Crippen LogP contribution in [0.5, 0.6) is 23.1 Å². The van der Waals surface area contributed by atoms with Crippen molar-refractivity contribution in [3.05, 3.63) is 78.5 Å². The number of aryl methyl sites for hydroxylation is 1. The van der Waals surface area contributed by atoms with E-state index in [-0.39, 0.29) is 6.10 Å². The zero-order valence-corrected chi connectivity index (χ0v) is 15.1. The third kappa shape index (κ3) is 5.24. The Hall–Kier alpha value is -3.01. The van der Waals surface area contributed by atoms with Crippen molar-refractivity contribution in [1.82, 2.24) is 4.98 Å². The molecule has 0 fully saturated rings. The van der Waals surface area contributed by atoms with Gasteiger partial charge in [0.2, 0.25) is 5.88 Å². The second kappa shape index (κ2) is 8.90. The second-order valence-corrected chi connectivity index (χ2v) is 5.96. The fourth-order valence-electron chi connectivity index (χ4n) is 2.41. The average molecular weight is 349 g/mol. The number of benzene rings is 2. The van der Waals surface area contributed by atoms with E-state index in [0.29, 0.717) is 12.5 Å². The number of ether oxygens (including phenoxy) is 3. The molecule has 2 aromatic carbocycles. The van der Waals surface area contributed by atoms with E-state index in [0.717, 1.165) is 29.4 Å². The maximum absolute atomic E-state index is 5.91. The average Bonchev–Trinajstić information content (AvgIpc) is 2.67. The zero-order valence-electron chi connectivity index (χ0n) is 15.1. The number of aromatic nitrogens is 1. The molecule has 0 aliphatic heterocycles. The van der Waals surface area contributed by atoms with Crippen molar-refractivity contribution in [2.75, 3.05) is 6.61 Å². The van der Waals surface area contributed by atoms with Crippen LogP contribution in [0.2, 0.25) is 0 Å². The summed E-state index contributed by atoms with van der Waals surface area (Å²) in [5.74, 6) is 3.00. The van der Waals surface area contributed by atoms with Gasteiger partial charge in [0, 0.05) is 11.8 Å². The molecule has 0 aliphatic rings. The fraction of sp³-hybridized carbons (Fsp3) is 0.227. The van der Waals surface area contributed by atoms with Crippen LogP contribution < -0.4 is 14.2 Å². The molecule has 0 N–H and O–H groups in total. The highest BCUT2D eigenvalue weighted by atomic mass is 16.5. The summed E-state index contributed by atoms with van der Waals surface area (Å²) in [4.78, 5) is 4.37. The molecular weight excluding hydrogens is 326 g/mol. The van der Waals surface area contributed by atoms with Crippen LogP contribution in [-0.4, -0.2) is 17.7 Å². The summed E-state index contributed by atoms with van der Waals surface area (Å²) in [6, 6.07) is 23.0. The van der Waals surface area contributed by atoms with E-state index in [2.05, 4.69) is 11.9 Å². The van der Waals surface area contributed by atoms with Crippen LogP contribution >= 0.6 is 0 Å². The van der Waals surface area contributed by atoms with Crippen molar-refractivity contribution >= 4 is 0 Å². The Morgan fingerprint density at radius 2 is 1.50 bits per heavy atom. The summed E-state index contributed by atoms with van der Waals surface area (Å²) in [6.45, 7) is 4.48. The Labute approximate surface area is 154 Å². The third-order valence-electron chi connectivity index (χ3n) is 3.84. The largest absolute Gasteiger partial charge is 0.490 e. The van der Waals surface area contributed by atoms with Gasteiger partial charge in [0.05, 0.1) is 0 Å². The zero-order chi connectivity index (χ0) is 18.2. The summed E-state index contributed by atoms with van der Waals surface area (Å²) < 4.78 is 17.5. The number of hydrogen-bond donors (Lipinski definition) is 0. The summed E-state index contributed by atoms with van der Waals surface area (Å²) in [7, 11) is 0. The van der Waals surface area contributed by atoms with Crippen LogP contribution in [0, 0.1) is 6.92 Å². The van der Waals surface area contributed by atoms with Gasteiger partial charge in [-0.15, -0.1) is 0 Å². The van der Waals surface area contributed by atoms with Gasteiger partial charge in [-0.1, -0.05) is 31.2 Å². The summed E-state index contributed by atoms with van der Waals surface area (Å²) >= 11 is 0. The minimum Gasteiger partial charge on any atom is -0.490 e. The van der Waals surface area contributed by atoms with Crippen LogP contribution in [0.3, 0.4) is 0 Å². The molecule has 1 heterocycles. The minimum atomic E-state index is -0.0513. The summed E-state index contributed by atoms with van der Waals surface area (Å²) in [5, 5.41) is 0. The monoisotopic (exact) mass is 349 g/mol. The Kier molecular flexibility index (Phi) is 6.09. The molecule has 0 radical (unpaired) electrons. The summed E-state index contributed by atoms with van der Waals surface area (Å²) in [6.07, 6.45) is 0.787. The predicted octanol–water partition coefficient (Wildman–Crippen LogP) is 5.42. The molecule has 0 bridgehead atoms. The predicted molar refractivity (Wildman–Crippen MR) is 102 cm³/mol. The van der Waals surface area contributed by atoms with Gasteiger partial charge in [0.1, 0.15) is 30.0 Å². The molecule has 1 aromatic heterocycles. The molecule has 4 heteroatoms. The maximum atomic E-state index is 5.91. The number of hydrogen-bond acceptors (Lipinski definition) is 4. The number of para-hydroxylation sites is 1. The number of nitrogens with zero attached hydrogens (tertiary/aromatic N) is 1. The van der Waals surface area contributed by atoms with Gasteiger partial charge in [-0.05, 0) is 55.8 Å². The van der Waals surface area contributed by atoms with Crippen LogP contribution in [0.25, 0.3) is 0 Å². The Morgan fingerprint density at radius 3 is 2.19 bits per heavy atom. The molecular formula is C22H23NO3. The van der Waals surface area contributed by atoms with E-state index in [1.807, 2.05) is 79.7 Å². The van der Waals surface area contributed by atoms with Crippen LogP contribution in [0.4, 0.5) is 0 Å². The van der Waals surface area contributed by atoms with E-state index in [9.17, 15) is 0 Å². The second-order valence-electron chi connectivity index (χ2n) is 5.96. The van der Waals surface area contributed by atoms with Gasteiger partial charge in [-0.2, -0.15) is 0 Å². The van der Waals surface area contributed by atoms with E-state index in [1.165, 1.54) is 0 Å². The molecule has 0 aliphatic carbocycles. The lowest BCUT2D eigenvalue weighted by Crippen LogP contribution is -2.24. The number of pyridine rings is 1. The molecule has 0 saturated heterocycles. The summed E-state index contributed by atoms with van der Waals surface area (Å²) in [5.41, 5.74) is 0.937. The lowest BCUT2D eigenvalue weighted by atomic mass is 10.3. The first-order chi connectivity index (χ1) is 12.7. The van der Waals surface area contributed by atoms with Gasteiger partial charge < -0.3 is 14.2 Å². The molecule has 0 spiro atoms. The first-order valence-electron chi connectivity index (χ1n) is 8.79. The van der Waals surface area contributed by atoms with Gasteiger partial charge in [0.15, 0.2) is 0 Å². The van der Waals surface area contributed by atoms with Gasteiger partial charge >= 0.3 is 0 Å². The maximum Gasteiger partial charge on any atom is 0.213 e. The Morgan fingerprint density at radius 1 is 0.808 bits per heavy atom. The van der Waals surface area contributed by atoms with Crippen molar-refractivity contribution < 1.29 is 14.2 Å².